The molecule has 0 radical (unpaired) electrons. The first-order chi connectivity index (χ1) is 12.0. The van der Waals surface area contributed by atoms with Crippen molar-refractivity contribution in [1.82, 2.24) is 0 Å². The molecular weight excluding hydrogens is 338 g/mol. The second-order valence-corrected chi connectivity index (χ2v) is 6.15. The predicted octanol–water partition coefficient (Wildman–Crippen LogP) is 4.44. The van der Waals surface area contributed by atoms with Crippen LogP contribution in [0.2, 0.25) is 5.02 Å². The molecule has 0 aliphatic heterocycles. The Kier molecular flexibility index (Phi) is 6.83. The Bertz CT molecular complexity index is 745. The van der Waals surface area contributed by atoms with E-state index in [1.54, 1.807) is 18.2 Å². The Morgan fingerprint density at radius 3 is 2.16 bits per heavy atom. The van der Waals surface area contributed by atoms with Crippen molar-refractivity contribution in [1.29, 1.82) is 0 Å². The summed E-state index contributed by atoms with van der Waals surface area (Å²) in [5.74, 6) is -0.167. The number of rotatable bonds is 7. The maximum absolute atomic E-state index is 12.0. The Morgan fingerprint density at radius 1 is 0.920 bits per heavy atom. The summed E-state index contributed by atoms with van der Waals surface area (Å²) >= 11 is 6.04. The number of nitrogens with one attached hydrogen (secondary N) is 3. The lowest BCUT2D eigenvalue weighted by molar-refractivity contribution is -0.116. The molecule has 2 amide bonds. The fraction of sp³-hybridized carbons (Fsp3) is 0.263. The van der Waals surface area contributed by atoms with Crippen molar-refractivity contribution in [3.63, 3.8) is 0 Å². The average Bonchev–Trinajstić information content (AvgIpc) is 2.58. The zero-order valence-electron chi connectivity index (χ0n) is 14.4. The minimum absolute atomic E-state index is 0.000606. The van der Waals surface area contributed by atoms with E-state index in [9.17, 15) is 9.59 Å². The zero-order valence-corrected chi connectivity index (χ0v) is 15.1. The third-order valence-electron chi connectivity index (χ3n) is 3.55. The first-order valence-electron chi connectivity index (χ1n) is 8.17. The zero-order chi connectivity index (χ0) is 18.2. The summed E-state index contributed by atoms with van der Waals surface area (Å²) in [6, 6.07) is 12.6. The van der Waals surface area contributed by atoms with E-state index in [0.717, 1.165) is 23.4 Å². The van der Waals surface area contributed by atoms with Gasteiger partial charge in [0.2, 0.25) is 11.8 Å². The molecule has 2 aromatic rings. The van der Waals surface area contributed by atoms with E-state index in [-0.39, 0.29) is 18.4 Å². The van der Waals surface area contributed by atoms with Crippen LogP contribution in [-0.2, 0) is 9.59 Å². The lowest BCUT2D eigenvalue weighted by atomic mass is 10.2. The van der Waals surface area contributed by atoms with E-state index in [1.165, 1.54) is 0 Å². The Hall–Kier alpha value is -2.53. The van der Waals surface area contributed by atoms with Gasteiger partial charge in [-0.3, -0.25) is 9.59 Å². The molecule has 5 nitrogen and oxygen atoms in total. The van der Waals surface area contributed by atoms with Crippen LogP contribution in [0.5, 0.6) is 0 Å². The fourth-order valence-corrected chi connectivity index (χ4v) is 2.36. The van der Waals surface area contributed by atoms with Gasteiger partial charge in [-0.15, -0.1) is 0 Å². The van der Waals surface area contributed by atoms with Crippen molar-refractivity contribution in [2.75, 3.05) is 22.5 Å². The number of anilines is 3. The van der Waals surface area contributed by atoms with Crippen LogP contribution in [0.1, 0.15) is 25.3 Å². The van der Waals surface area contributed by atoms with Crippen molar-refractivity contribution in [3.05, 3.63) is 53.1 Å². The third-order valence-corrected chi connectivity index (χ3v) is 3.96. The quantitative estimate of drug-likeness (QED) is 0.684. The van der Waals surface area contributed by atoms with Crippen LogP contribution in [-0.4, -0.2) is 18.4 Å². The van der Waals surface area contributed by atoms with Gasteiger partial charge in [-0.1, -0.05) is 24.6 Å². The summed E-state index contributed by atoms with van der Waals surface area (Å²) in [5, 5.41) is 9.26. The Morgan fingerprint density at radius 2 is 1.52 bits per heavy atom. The van der Waals surface area contributed by atoms with Gasteiger partial charge >= 0.3 is 0 Å². The molecule has 0 unspecified atom stereocenters. The summed E-state index contributed by atoms with van der Waals surface area (Å²) in [6.45, 7) is 4.00. The SMILES string of the molecule is CCCC(=O)Nc1ccc(NCC(=O)Nc2ccc(C)c(Cl)c2)cc1. The number of hydrogen-bond acceptors (Lipinski definition) is 3. The van der Waals surface area contributed by atoms with Gasteiger partial charge < -0.3 is 16.0 Å². The van der Waals surface area contributed by atoms with Crippen LogP contribution in [0.25, 0.3) is 0 Å². The van der Waals surface area contributed by atoms with E-state index in [2.05, 4.69) is 16.0 Å². The molecule has 25 heavy (non-hydrogen) atoms. The third kappa shape index (κ3) is 6.12. The minimum Gasteiger partial charge on any atom is -0.376 e. The van der Waals surface area contributed by atoms with Gasteiger partial charge in [-0.25, -0.2) is 0 Å². The average molecular weight is 360 g/mol. The molecule has 0 heterocycles. The minimum atomic E-state index is -0.166. The van der Waals surface area contributed by atoms with Crippen molar-refractivity contribution < 1.29 is 9.59 Å². The molecule has 0 atom stereocenters. The number of halogens is 1. The highest BCUT2D eigenvalue weighted by Gasteiger charge is 2.05. The van der Waals surface area contributed by atoms with E-state index in [4.69, 9.17) is 11.6 Å². The van der Waals surface area contributed by atoms with Gasteiger partial charge in [-0.05, 0) is 55.3 Å². The van der Waals surface area contributed by atoms with Crippen LogP contribution >= 0.6 is 11.6 Å². The lowest BCUT2D eigenvalue weighted by Gasteiger charge is -2.10. The maximum atomic E-state index is 12.0. The standard InChI is InChI=1S/C19H22ClN3O2/c1-3-4-18(24)22-15-9-7-14(8-10-15)21-12-19(25)23-16-6-5-13(2)17(20)11-16/h5-11,21H,3-4,12H2,1-2H3,(H,22,24)(H,23,25). The smallest absolute Gasteiger partial charge is 0.243 e. The maximum Gasteiger partial charge on any atom is 0.243 e. The van der Waals surface area contributed by atoms with E-state index in [0.29, 0.717) is 17.1 Å². The molecule has 3 N–H and O–H groups in total. The Balaban J connectivity index is 1.83. The number of benzene rings is 2. The van der Waals surface area contributed by atoms with Gasteiger partial charge in [0.05, 0.1) is 6.54 Å². The number of hydrogen-bond donors (Lipinski definition) is 3. The summed E-state index contributed by atoms with van der Waals surface area (Å²) in [7, 11) is 0. The summed E-state index contributed by atoms with van der Waals surface area (Å²) < 4.78 is 0. The molecule has 2 rings (SSSR count). The van der Waals surface area contributed by atoms with E-state index in [1.807, 2.05) is 38.1 Å². The molecule has 0 saturated carbocycles. The molecule has 0 spiro atoms. The molecule has 0 aliphatic carbocycles. The van der Waals surface area contributed by atoms with Gasteiger partial charge in [0.15, 0.2) is 0 Å². The van der Waals surface area contributed by atoms with Crippen LogP contribution < -0.4 is 16.0 Å². The number of carbonyl (C=O) groups excluding carboxylic acids is 2. The first-order valence-corrected chi connectivity index (χ1v) is 8.55. The predicted molar refractivity (Wildman–Crippen MR) is 103 cm³/mol. The molecule has 0 bridgehead atoms. The van der Waals surface area contributed by atoms with E-state index < -0.39 is 0 Å². The van der Waals surface area contributed by atoms with Crippen LogP contribution in [0.15, 0.2) is 42.5 Å². The molecule has 0 aromatic heterocycles. The van der Waals surface area contributed by atoms with Crippen molar-refractivity contribution in [3.8, 4) is 0 Å². The molecule has 2 aromatic carbocycles. The highest BCUT2D eigenvalue weighted by Crippen LogP contribution is 2.20. The van der Waals surface area contributed by atoms with Gasteiger partial charge in [0.1, 0.15) is 0 Å². The molecule has 6 heteroatoms. The van der Waals surface area contributed by atoms with E-state index >= 15 is 0 Å². The highest BCUT2D eigenvalue weighted by atomic mass is 35.5. The topological polar surface area (TPSA) is 70.2 Å². The van der Waals surface area contributed by atoms with Gasteiger partial charge in [0.25, 0.3) is 0 Å². The summed E-state index contributed by atoms with van der Waals surface area (Å²) in [6.07, 6.45) is 1.32. The van der Waals surface area contributed by atoms with Crippen molar-refractivity contribution in [2.24, 2.45) is 0 Å². The molecule has 0 aliphatic rings. The normalized spacial score (nSPS) is 10.2. The van der Waals surface area contributed by atoms with Crippen molar-refractivity contribution >= 4 is 40.5 Å². The largest absolute Gasteiger partial charge is 0.376 e. The monoisotopic (exact) mass is 359 g/mol. The summed E-state index contributed by atoms with van der Waals surface area (Å²) in [4.78, 5) is 23.5. The lowest BCUT2D eigenvalue weighted by Crippen LogP contribution is -2.21. The van der Waals surface area contributed by atoms with Gasteiger partial charge in [0, 0.05) is 28.5 Å². The number of amides is 2. The number of aryl methyl sites for hydroxylation is 1. The Labute approximate surface area is 152 Å². The summed E-state index contributed by atoms with van der Waals surface area (Å²) in [5.41, 5.74) is 3.16. The fourth-order valence-electron chi connectivity index (χ4n) is 2.18. The molecular formula is C19H22ClN3O2. The van der Waals surface area contributed by atoms with Crippen LogP contribution in [0.4, 0.5) is 17.1 Å². The van der Waals surface area contributed by atoms with Gasteiger partial charge in [-0.2, -0.15) is 0 Å². The van der Waals surface area contributed by atoms with Crippen LogP contribution in [0, 0.1) is 6.92 Å². The molecule has 0 fully saturated rings. The first kappa shape index (κ1) is 18.8. The van der Waals surface area contributed by atoms with Crippen LogP contribution in [0.3, 0.4) is 0 Å². The van der Waals surface area contributed by atoms with Crippen molar-refractivity contribution in [2.45, 2.75) is 26.7 Å². The molecule has 0 saturated heterocycles. The molecule has 132 valence electrons. The second kappa shape index (κ2) is 9.08. The number of carbonyl (C=O) groups is 2. The second-order valence-electron chi connectivity index (χ2n) is 5.74. The highest BCUT2D eigenvalue weighted by molar-refractivity contribution is 6.31.